The first kappa shape index (κ1) is 19.1. The first-order valence-electron chi connectivity index (χ1n) is 7.46. The Morgan fingerprint density at radius 3 is 2.64 bits per heavy atom. The molecule has 2 aromatic rings. The quantitative estimate of drug-likeness (QED) is 0.590. The average molecular weight is 381 g/mol. The molecule has 8 heteroatoms. The van der Waals surface area contributed by atoms with Crippen LogP contribution in [0.3, 0.4) is 0 Å². The number of amides is 2. The number of thioether (sulfide) groups is 1. The van der Waals surface area contributed by atoms with Gasteiger partial charge >= 0.3 is 5.97 Å². The van der Waals surface area contributed by atoms with Gasteiger partial charge in [-0.15, -0.1) is 11.8 Å². The number of hydrogen-bond donors (Lipinski definition) is 1. The van der Waals surface area contributed by atoms with Crippen LogP contribution < -0.4 is 5.32 Å². The van der Waals surface area contributed by atoms with E-state index in [1.54, 1.807) is 36.0 Å². The van der Waals surface area contributed by atoms with Gasteiger partial charge in [0, 0.05) is 23.9 Å². The summed E-state index contributed by atoms with van der Waals surface area (Å²) in [4.78, 5) is 36.0. The molecule has 0 spiro atoms. The van der Waals surface area contributed by atoms with E-state index in [1.807, 2.05) is 18.2 Å². The number of carbonyl (C=O) groups is 3. The number of benzene rings is 1. The predicted molar refractivity (Wildman–Crippen MR) is 95.6 cm³/mol. The SMILES string of the molecule is Cn1cccc1C(=O)NC(=O)COC(=O)CCSc1ccccc1Cl. The van der Waals surface area contributed by atoms with Crippen LogP contribution in [0, 0.1) is 0 Å². The van der Waals surface area contributed by atoms with Gasteiger partial charge in [-0.2, -0.15) is 0 Å². The molecule has 0 fully saturated rings. The van der Waals surface area contributed by atoms with Crippen molar-refractivity contribution in [3.05, 3.63) is 53.3 Å². The van der Waals surface area contributed by atoms with Crippen molar-refractivity contribution in [3.8, 4) is 0 Å². The Morgan fingerprint density at radius 1 is 1.20 bits per heavy atom. The van der Waals surface area contributed by atoms with Crippen molar-refractivity contribution < 1.29 is 19.1 Å². The number of nitrogens with zero attached hydrogens (tertiary/aromatic N) is 1. The molecule has 6 nitrogen and oxygen atoms in total. The van der Waals surface area contributed by atoms with Crippen LogP contribution in [0.1, 0.15) is 16.9 Å². The smallest absolute Gasteiger partial charge is 0.307 e. The van der Waals surface area contributed by atoms with Crippen LogP contribution >= 0.6 is 23.4 Å². The highest BCUT2D eigenvalue weighted by molar-refractivity contribution is 7.99. The van der Waals surface area contributed by atoms with Gasteiger partial charge in [0.05, 0.1) is 11.4 Å². The number of aryl methyl sites for hydroxylation is 1. The van der Waals surface area contributed by atoms with Crippen LogP contribution in [0.15, 0.2) is 47.5 Å². The van der Waals surface area contributed by atoms with Crippen molar-refractivity contribution in [2.24, 2.45) is 7.05 Å². The van der Waals surface area contributed by atoms with Crippen LogP contribution in [0.2, 0.25) is 5.02 Å². The molecule has 0 saturated heterocycles. The van der Waals surface area contributed by atoms with E-state index >= 15 is 0 Å². The summed E-state index contributed by atoms with van der Waals surface area (Å²) in [5.41, 5.74) is 0.343. The lowest BCUT2D eigenvalue weighted by Crippen LogP contribution is -2.35. The number of nitrogens with one attached hydrogen (secondary N) is 1. The van der Waals surface area contributed by atoms with E-state index in [2.05, 4.69) is 5.32 Å². The first-order valence-corrected chi connectivity index (χ1v) is 8.82. The fourth-order valence-corrected chi connectivity index (χ4v) is 3.12. The normalized spacial score (nSPS) is 10.3. The number of imide groups is 1. The minimum absolute atomic E-state index is 0.134. The third-order valence-electron chi connectivity index (χ3n) is 3.19. The number of halogens is 1. The molecule has 1 heterocycles. The van der Waals surface area contributed by atoms with E-state index in [-0.39, 0.29) is 6.42 Å². The van der Waals surface area contributed by atoms with Crippen LogP contribution in [-0.2, 0) is 21.4 Å². The molecule has 25 heavy (non-hydrogen) atoms. The number of aromatic nitrogens is 1. The van der Waals surface area contributed by atoms with Gasteiger partial charge in [-0.05, 0) is 24.3 Å². The Kier molecular flexibility index (Phi) is 7.09. The van der Waals surface area contributed by atoms with Gasteiger partial charge in [-0.25, -0.2) is 0 Å². The van der Waals surface area contributed by atoms with E-state index in [9.17, 15) is 14.4 Å². The minimum Gasteiger partial charge on any atom is -0.456 e. The Balaban J connectivity index is 1.67. The molecule has 0 aliphatic heterocycles. The topological polar surface area (TPSA) is 77.4 Å². The second-order valence-corrected chi connectivity index (χ2v) is 6.62. The zero-order valence-electron chi connectivity index (χ0n) is 13.5. The van der Waals surface area contributed by atoms with Crippen LogP contribution in [0.25, 0.3) is 0 Å². The molecule has 0 radical (unpaired) electrons. The lowest BCUT2D eigenvalue weighted by atomic mass is 10.4. The molecule has 0 saturated carbocycles. The summed E-state index contributed by atoms with van der Waals surface area (Å²) in [5, 5.41) is 2.79. The number of ether oxygens (including phenoxy) is 1. The van der Waals surface area contributed by atoms with Crippen molar-refractivity contribution in [2.45, 2.75) is 11.3 Å². The fraction of sp³-hybridized carbons (Fsp3) is 0.235. The largest absolute Gasteiger partial charge is 0.456 e. The van der Waals surface area contributed by atoms with Gasteiger partial charge in [0.1, 0.15) is 5.69 Å². The maximum absolute atomic E-state index is 11.8. The molecule has 0 aliphatic rings. The summed E-state index contributed by atoms with van der Waals surface area (Å²) in [7, 11) is 1.69. The summed E-state index contributed by atoms with van der Waals surface area (Å²) in [6.07, 6.45) is 1.82. The van der Waals surface area contributed by atoms with Crippen molar-refractivity contribution in [1.29, 1.82) is 0 Å². The first-order chi connectivity index (χ1) is 12.0. The molecule has 2 amide bonds. The van der Waals surface area contributed by atoms with Crippen molar-refractivity contribution in [1.82, 2.24) is 9.88 Å². The van der Waals surface area contributed by atoms with Crippen LogP contribution in [-0.4, -0.2) is 34.7 Å². The minimum atomic E-state index is -0.668. The van der Waals surface area contributed by atoms with Gasteiger partial charge in [0.25, 0.3) is 11.8 Å². The maximum Gasteiger partial charge on any atom is 0.307 e. The maximum atomic E-state index is 11.8. The molecule has 1 aromatic heterocycles. The highest BCUT2D eigenvalue weighted by Crippen LogP contribution is 2.26. The van der Waals surface area contributed by atoms with Crippen LogP contribution in [0.4, 0.5) is 0 Å². The molecule has 132 valence electrons. The van der Waals surface area contributed by atoms with Gasteiger partial charge < -0.3 is 9.30 Å². The Labute approximate surface area is 154 Å². The fourth-order valence-electron chi connectivity index (χ4n) is 1.95. The van der Waals surface area contributed by atoms with Crippen molar-refractivity contribution in [3.63, 3.8) is 0 Å². The van der Waals surface area contributed by atoms with E-state index < -0.39 is 24.4 Å². The molecule has 0 atom stereocenters. The molecular formula is C17H17ClN2O4S. The molecule has 1 N–H and O–H groups in total. The Bertz CT molecular complexity index is 776. The van der Waals surface area contributed by atoms with E-state index in [4.69, 9.17) is 16.3 Å². The third kappa shape index (κ3) is 5.95. The van der Waals surface area contributed by atoms with E-state index in [0.29, 0.717) is 16.5 Å². The summed E-state index contributed by atoms with van der Waals surface area (Å²) >= 11 is 7.45. The number of hydrogen-bond acceptors (Lipinski definition) is 5. The highest BCUT2D eigenvalue weighted by atomic mass is 35.5. The lowest BCUT2D eigenvalue weighted by molar-refractivity contribution is -0.147. The zero-order chi connectivity index (χ0) is 18.2. The van der Waals surface area contributed by atoms with Gasteiger partial charge in [0.2, 0.25) is 0 Å². The Morgan fingerprint density at radius 2 is 1.96 bits per heavy atom. The molecule has 2 rings (SSSR count). The summed E-state index contributed by atoms with van der Waals surface area (Å²) in [5.74, 6) is -1.24. The second-order valence-electron chi connectivity index (χ2n) is 5.07. The van der Waals surface area contributed by atoms with Crippen LogP contribution in [0.5, 0.6) is 0 Å². The predicted octanol–water partition coefficient (Wildman–Crippen LogP) is 2.66. The average Bonchev–Trinajstić information content (AvgIpc) is 3.01. The van der Waals surface area contributed by atoms with Gasteiger partial charge in [0.15, 0.2) is 6.61 Å². The molecule has 0 aliphatic carbocycles. The van der Waals surface area contributed by atoms with Gasteiger partial charge in [-0.3, -0.25) is 19.7 Å². The number of carbonyl (C=O) groups excluding carboxylic acids is 3. The zero-order valence-corrected chi connectivity index (χ0v) is 15.1. The highest BCUT2D eigenvalue weighted by Gasteiger charge is 2.14. The molecule has 0 unspecified atom stereocenters. The van der Waals surface area contributed by atoms with E-state index in [1.165, 1.54) is 11.8 Å². The lowest BCUT2D eigenvalue weighted by Gasteiger charge is -2.07. The van der Waals surface area contributed by atoms with Gasteiger partial charge in [-0.1, -0.05) is 23.7 Å². The summed E-state index contributed by atoms with van der Waals surface area (Å²) < 4.78 is 6.45. The Hall–Kier alpha value is -2.25. The summed E-state index contributed by atoms with van der Waals surface area (Å²) in [6, 6.07) is 10.6. The molecular weight excluding hydrogens is 364 g/mol. The number of esters is 1. The molecule has 1 aromatic carbocycles. The monoisotopic (exact) mass is 380 g/mol. The standard InChI is InChI=1S/C17H17ClN2O4S/c1-20-9-4-6-13(20)17(23)19-15(21)11-24-16(22)8-10-25-14-7-3-2-5-12(14)18/h2-7,9H,8,10-11H2,1H3,(H,19,21,23). The third-order valence-corrected chi connectivity index (χ3v) is 4.71. The van der Waals surface area contributed by atoms with E-state index in [0.717, 1.165) is 4.90 Å². The molecule has 0 bridgehead atoms. The second kappa shape index (κ2) is 9.29. The number of rotatable bonds is 7. The van der Waals surface area contributed by atoms with Crippen molar-refractivity contribution in [2.75, 3.05) is 12.4 Å². The summed E-state index contributed by atoms with van der Waals surface area (Å²) in [6.45, 7) is -0.494. The van der Waals surface area contributed by atoms with Crippen molar-refractivity contribution >= 4 is 41.1 Å².